The highest BCUT2D eigenvalue weighted by molar-refractivity contribution is 5.98. The quantitative estimate of drug-likeness (QED) is 0.615. The second-order valence-electron chi connectivity index (χ2n) is 6.88. The smallest absolute Gasteiger partial charge is 0.272 e. The van der Waals surface area contributed by atoms with Gasteiger partial charge in [-0.25, -0.2) is 0 Å². The van der Waals surface area contributed by atoms with Crippen LogP contribution in [0.15, 0.2) is 79.0 Å². The van der Waals surface area contributed by atoms with Gasteiger partial charge in [-0.1, -0.05) is 60.7 Å². The Morgan fingerprint density at radius 2 is 1.41 bits per heavy atom. The van der Waals surface area contributed by atoms with E-state index in [0.29, 0.717) is 25.2 Å². The van der Waals surface area contributed by atoms with Crippen LogP contribution in [-0.4, -0.2) is 40.2 Å². The lowest BCUT2D eigenvalue weighted by molar-refractivity contribution is 0.0752. The largest absolute Gasteiger partial charge is 0.336 e. The topological polar surface area (TPSA) is 53.5 Å². The third kappa shape index (κ3) is 5.29. The first-order valence-electron chi connectivity index (χ1n) is 9.67. The zero-order valence-corrected chi connectivity index (χ0v) is 16.8. The molecule has 0 N–H and O–H groups in total. The average molecular weight is 387 g/mol. The Kier molecular flexibility index (Phi) is 6.74. The summed E-state index contributed by atoms with van der Waals surface area (Å²) < 4.78 is 0. The summed E-state index contributed by atoms with van der Waals surface area (Å²) in [6.45, 7) is 3.53. The fraction of sp³-hybridized carbons (Fsp3) is 0.208. The third-order valence-corrected chi connectivity index (χ3v) is 4.72. The summed E-state index contributed by atoms with van der Waals surface area (Å²) in [5.41, 5.74) is 2.84. The van der Waals surface area contributed by atoms with Crippen molar-refractivity contribution in [2.45, 2.75) is 20.0 Å². The molecule has 29 heavy (non-hydrogen) atoms. The van der Waals surface area contributed by atoms with Gasteiger partial charge in [-0.3, -0.25) is 14.6 Å². The molecule has 0 saturated heterocycles. The Hall–Kier alpha value is -3.47. The van der Waals surface area contributed by atoms with Gasteiger partial charge in [-0.2, -0.15) is 0 Å². The molecule has 2 aromatic carbocycles. The van der Waals surface area contributed by atoms with Gasteiger partial charge in [0.25, 0.3) is 11.8 Å². The Bertz CT molecular complexity index is 958. The summed E-state index contributed by atoms with van der Waals surface area (Å²) in [4.78, 5) is 33.3. The molecule has 0 bridgehead atoms. The summed E-state index contributed by atoms with van der Waals surface area (Å²) in [5.74, 6) is -0.326. The standard InChI is InChI=1S/C24H25N3O2/c1-3-27(18-20-12-8-5-9-13-20)23(28)21-14-15-25-22(16-21)24(29)26(2)17-19-10-6-4-7-11-19/h4-16H,3,17-18H2,1-2H3. The van der Waals surface area contributed by atoms with Crippen molar-refractivity contribution in [3.8, 4) is 0 Å². The molecule has 0 fully saturated rings. The first-order chi connectivity index (χ1) is 14.1. The number of benzene rings is 2. The van der Waals surface area contributed by atoms with Gasteiger partial charge in [0.1, 0.15) is 5.69 Å². The maximum Gasteiger partial charge on any atom is 0.272 e. The first kappa shape index (κ1) is 20.3. The molecule has 1 heterocycles. The highest BCUT2D eigenvalue weighted by Gasteiger charge is 2.19. The number of rotatable bonds is 7. The fourth-order valence-corrected chi connectivity index (χ4v) is 3.12. The van der Waals surface area contributed by atoms with Gasteiger partial charge < -0.3 is 9.80 Å². The zero-order chi connectivity index (χ0) is 20.6. The lowest BCUT2D eigenvalue weighted by atomic mass is 10.1. The number of aromatic nitrogens is 1. The van der Waals surface area contributed by atoms with E-state index >= 15 is 0 Å². The molecule has 0 aliphatic carbocycles. The molecule has 0 aliphatic heterocycles. The van der Waals surface area contributed by atoms with Crippen molar-refractivity contribution in [1.29, 1.82) is 0 Å². The Morgan fingerprint density at radius 1 is 0.828 bits per heavy atom. The van der Waals surface area contributed by atoms with E-state index in [1.807, 2.05) is 67.6 Å². The van der Waals surface area contributed by atoms with E-state index in [1.54, 1.807) is 29.0 Å². The summed E-state index contributed by atoms with van der Waals surface area (Å²) in [6, 6.07) is 22.9. The second kappa shape index (κ2) is 9.64. The number of hydrogen-bond acceptors (Lipinski definition) is 3. The van der Waals surface area contributed by atoms with E-state index in [-0.39, 0.29) is 17.5 Å². The van der Waals surface area contributed by atoms with E-state index in [4.69, 9.17) is 0 Å². The third-order valence-electron chi connectivity index (χ3n) is 4.72. The molecule has 5 nitrogen and oxygen atoms in total. The van der Waals surface area contributed by atoms with E-state index in [0.717, 1.165) is 11.1 Å². The number of carbonyl (C=O) groups is 2. The van der Waals surface area contributed by atoms with Crippen LogP contribution >= 0.6 is 0 Å². The van der Waals surface area contributed by atoms with Crippen molar-refractivity contribution < 1.29 is 9.59 Å². The molecule has 0 radical (unpaired) electrons. The van der Waals surface area contributed by atoms with Crippen molar-refractivity contribution in [3.63, 3.8) is 0 Å². The average Bonchev–Trinajstić information content (AvgIpc) is 2.78. The second-order valence-corrected chi connectivity index (χ2v) is 6.88. The maximum atomic E-state index is 13.0. The molecular weight excluding hydrogens is 362 g/mol. The van der Waals surface area contributed by atoms with Crippen LogP contribution in [0.2, 0.25) is 0 Å². The predicted molar refractivity (Wildman–Crippen MR) is 113 cm³/mol. The van der Waals surface area contributed by atoms with E-state index in [2.05, 4.69) is 4.98 Å². The highest BCUT2D eigenvalue weighted by atomic mass is 16.2. The van der Waals surface area contributed by atoms with Crippen molar-refractivity contribution in [2.24, 2.45) is 0 Å². The van der Waals surface area contributed by atoms with Gasteiger partial charge in [-0.05, 0) is 30.2 Å². The van der Waals surface area contributed by atoms with Crippen LogP contribution in [0.4, 0.5) is 0 Å². The van der Waals surface area contributed by atoms with Crippen molar-refractivity contribution >= 4 is 11.8 Å². The molecule has 0 atom stereocenters. The summed E-state index contributed by atoms with van der Waals surface area (Å²) in [5, 5.41) is 0. The predicted octanol–water partition coefficient (Wildman–Crippen LogP) is 4.02. The van der Waals surface area contributed by atoms with Gasteiger partial charge >= 0.3 is 0 Å². The minimum atomic E-state index is -0.213. The van der Waals surface area contributed by atoms with Crippen LogP contribution < -0.4 is 0 Å². The van der Waals surface area contributed by atoms with Crippen LogP contribution in [0.1, 0.15) is 38.9 Å². The first-order valence-corrected chi connectivity index (χ1v) is 9.67. The summed E-state index contributed by atoms with van der Waals surface area (Å²) in [7, 11) is 1.74. The summed E-state index contributed by atoms with van der Waals surface area (Å²) >= 11 is 0. The SMILES string of the molecule is CCN(Cc1ccccc1)C(=O)c1ccnc(C(=O)N(C)Cc2ccccc2)c1. The van der Waals surface area contributed by atoms with Gasteiger partial charge in [0.2, 0.25) is 0 Å². The van der Waals surface area contributed by atoms with Crippen LogP contribution in [0.3, 0.4) is 0 Å². The summed E-state index contributed by atoms with van der Waals surface area (Å²) in [6.07, 6.45) is 1.52. The monoisotopic (exact) mass is 387 g/mol. The molecule has 148 valence electrons. The van der Waals surface area contributed by atoms with Crippen molar-refractivity contribution in [3.05, 3.63) is 101 Å². The normalized spacial score (nSPS) is 10.4. The molecule has 0 saturated carbocycles. The molecule has 1 aromatic heterocycles. The Morgan fingerprint density at radius 3 is 2.00 bits per heavy atom. The maximum absolute atomic E-state index is 13.0. The molecule has 3 rings (SSSR count). The van der Waals surface area contributed by atoms with Crippen LogP contribution in [0, 0.1) is 0 Å². The number of amides is 2. The van der Waals surface area contributed by atoms with Crippen molar-refractivity contribution in [2.75, 3.05) is 13.6 Å². The number of hydrogen-bond donors (Lipinski definition) is 0. The molecule has 0 unspecified atom stereocenters. The van der Waals surface area contributed by atoms with E-state index in [1.165, 1.54) is 6.20 Å². The van der Waals surface area contributed by atoms with Gasteiger partial charge in [0, 0.05) is 38.4 Å². The molecule has 0 spiro atoms. The molecule has 2 amide bonds. The number of nitrogens with zero attached hydrogens (tertiary/aromatic N) is 3. The highest BCUT2D eigenvalue weighted by Crippen LogP contribution is 2.13. The fourth-order valence-electron chi connectivity index (χ4n) is 3.12. The van der Waals surface area contributed by atoms with Gasteiger partial charge in [0.05, 0.1) is 0 Å². The lowest BCUT2D eigenvalue weighted by Gasteiger charge is -2.22. The molecule has 3 aromatic rings. The Labute approximate surface area is 171 Å². The number of pyridine rings is 1. The van der Waals surface area contributed by atoms with Gasteiger partial charge in [-0.15, -0.1) is 0 Å². The van der Waals surface area contributed by atoms with Crippen LogP contribution in [0.5, 0.6) is 0 Å². The zero-order valence-electron chi connectivity index (χ0n) is 16.8. The van der Waals surface area contributed by atoms with Crippen LogP contribution in [0.25, 0.3) is 0 Å². The number of carbonyl (C=O) groups excluding carboxylic acids is 2. The van der Waals surface area contributed by atoms with E-state index < -0.39 is 0 Å². The molecule has 5 heteroatoms. The van der Waals surface area contributed by atoms with Crippen LogP contribution in [-0.2, 0) is 13.1 Å². The van der Waals surface area contributed by atoms with Crippen molar-refractivity contribution in [1.82, 2.24) is 14.8 Å². The minimum Gasteiger partial charge on any atom is -0.336 e. The Balaban J connectivity index is 1.73. The minimum absolute atomic E-state index is 0.112. The molecular formula is C24H25N3O2. The van der Waals surface area contributed by atoms with Gasteiger partial charge in [0.15, 0.2) is 0 Å². The molecule has 0 aliphatic rings. The van der Waals surface area contributed by atoms with E-state index in [9.17, 15) is 9.59 Å². The lowest BCUT2D eigenvalue weighted by Crippen LogP contribution is -2.31.